The Kier molecular flexibility index (Phi) is 4.90. The maximum atomic E-state index is 11.0. The molecule has 0 radical (unpaired) electrons. The van der Waals surface area contributed by atoms with Gasteiger partial charge in [0.2, 0.25) is 5.91 Å². The van der Waals surface area contributed by atoms with E-state index in [0.717, 1.165) is 31.5 Å². The highest BCUT2D eigenvalue weighted by molar-refractivity contribution is 5.74. The van der Waals surface area contributed by atoms with Gasteiger partial charge in [-0.2, -0.15) is 0 Å². The Labute approximate surface area is 124 Å². The number of hydrogen-bond donors (Lipinski definition) is 1. The number of likely N-dealkylation sites (tertiary alicyclic amines) is 1. The number of rotatable bonds is 5. The summed E-state index contributed by atoms with van der Waals surface area (Å²) < 4.78 is 0. The molecule has 1 amide bonds. The van der Waals surface area contributed by atoms with Crippen molar-refractivity contribution in [3.05, 3.63) is 39.4 Å². The molecule has 6 heteroatoms. The van der Waals surface area contributed by atoms with Crippen LogP contribution in [-0.4, -0.2) is 28.8 Å². The number of aryl methyl sites for hydroxylation is 1. The summed E-state index contributed by atoms with van der Waals surface area (Å²) in [6.45, 7) is 4.20. The quantitative estimate of drug-likeness (QED) is 0.663. The first-order valence-electron chi connectivity index (χ1n) is 7.20. The molecule has 1 saturated heterocycles. The van der Waals surface area contributed by atoms with E-state index in [0.29, 0.717) is 24.4 Å². The first-order valence-corrected chi connectivity index (χ1v) is 7.20. The van der Waals surface area contributed by atoms with E-state index < -0.39 is 0 Å². The molecule has 1 atom stereocenters. The lowest BCUT2D eigenvalue weighted by Gasteiger charge is -2.32. The minimum absolute atomic E-state index is 0.165. The molecule has 2 N–H and O–H groups in total. The van der Waals surface area contributed by atoms with Crippen molar-refractivity contribution in [2.75, 3.05) is 13.1 Å². The maximum absolute atomic E-state index is 11.0. The monoisotopic (exact) mass is 291 g/mol. The van der Waals surface area contributed by atoms with Crippen LogP contribution in [0.5, 0.6) is 0 Å². The third kappa shape index (κ3) is 4.26. The summed E-state index contributed by atoms with van der Waals surface area (Å²) in [7, 11) is 0. The molecule has 1 fully saturated rings. The van der Waals surface area contributed by atoms with E-state index >= 15 is 0 Å². The molecular formula is C15H21N3O3. The van der Waals surface area contributed by atoms with Crippen molar-refractivity contribution in [3.8, 4) is 0 Å². The van der Waals surface area contributed by atoms with Crippen LogP contribution in [0.15, 0.2) is 18.2 Å². The zero-order chi connectivity index (χ0) is 15.4. The number of nitro benzene ring substituents is 1. The summed E-state index contributed by atoms with van der Waals surface area (Å²) >= 11 is 0. The van der Waals surface area contributed by atoms with Gasteiger partial charge < -0.3 is 5.73 Å². The third-order valence-corrected chi connectivity index (χ3v) is 3.97. The molecule has 0 spiro atoms. The molecule has 6 nitrogen and oxygen atoms in total. The van der Waals surface area contributed by atoms with Crippen molar-refractivity contribution in [2.45, 2.75) is 32.7 Å². The van der Waals surface area contributed by atoms with Crippen molar-refractivity contribution in [1.82, 2.24) is 4.90 Å². The second kappa shape index (κ2) is 6.67. The first kappa shape index (κ1) is 15.4. The Bertz CT molecular complexity index is 545. The molecule has 114 valence electrons. The Morgan fingerprint density at radius 3 is 2.95 bits per heavy atom. The third-order valence-electron chi connectivity index (χ3n) is 3.97. The topological polar surface area (TPSA) is 89.5 Å². The predicted octanol–water partition coefficient (Wildman–Crippen LogP) is 1.99. The highest BCUT2D eigenvalue weighted by atomic mass is 16.6. The largest absolute Gasteiger partial charge is 0.370 e. The summed E-state index contributed by atoms with van der Waals surface area (Å²) in [5.41, 5.74) is 7.04. The zero-order valence-electron chi connectivity index (χ0n) is 12.2. The number of nitro groups is 1. The van der Waals surface area contributed by atoms with Gasteiger partial charge in [-0.05, 0) is 37.8 Å². The van der Waals surface area contributed by atoms with Gasteiger partial charge in [-0.25, -0.2) is 0 Å². The number of nitrogens with zero attached hydrogens (tertiary/aromatic N) is 2. The van der Waals surface area contributed by atoms with Crippen molar-refractivity contribution in [2.24, 2.45) is 11.7 Å². The highest BCUT2D eigenvalue weighted by Gasteiger charge is 2.22. The molecule has 0 aliphatic carbocycles. The van der Waals surface area contributed by atoms with Crippen LogP contribution in [0.25, 0.3) is 0 Å². The summed E-state index contributed by atoms with van der Waals surface area (Å²) in [6, 6.07) is 5.37. The lowest BCUT2D eigenvalue weighted by atomic mass is 9.94. The van der Waals surface area contributed by atoms with Crippen LogP contribution >= 0.6 is 0 Å². The first-order chi connectivity index (χ1) is 9.95. The standard InChI is InChI=1S/C15H21N3O3/c1-11-4-5-13(7-14(11)18(20)21)10-17-6-2-3-12(9-17)8-15(16)19/h4-5,7,12H,2-3,6,8-10H2,1H3,(H2,16,19). The molecule has 1 aromatic carbocycles. The Morgan fingerprint density at radius 2 is 2.29 bits per heavy atom. The minimum Gasteiger partial charge on any atom is -0.370 e. The molecule has 1 heterocycles. The van der Waals surface area contributed by atoms with Crippen LogP contribution in [-0.2, 0) is 11.3 Å². The van der Waals surface area contributed by atoms with Crippen LogP contribution in [0.1, 0.15) is 30.4 Å². The smallest absolute Gasteiger partial charge is 0.272 e. The number of carbonyl (C=O) groups is 1. The van der Waals surface area contributed by atoms with E-state index in [9.17, 15) is 14.9 Å². The van der Waals surface area contributed by atoms with Crippen molar-refractivity contribution < 1.29 is 9.72 Å². The van der Waals surface area contributed by atoms with Crippen LogP contribution in [0.3, 0.4) is 0 Å². The van der Waals surface area contributed by atoms with E-state index in [1.807, 2.05) is 6.07 Å². The van der Waals surface area contributed by atoms with E-state index in [-0.39, 0.29) is 16.5 Å². The number of benzene rings is 1. The molecular weight excluding hydrogens is 270 g/mol. The van der Waals surface area contributed by atoms with Crippen LogP contribution in [0, 0.1) is 23.0 Å². The van der Waals surface area contributed by atoms with Gasteiger partial charge in [-0.1, -0.05) is 12.1 Å². The maximum Gasteiger partial charge on any atom is 0.272 e. The fourth-order valence-corrected chi connectivity index (χ4v) is 2.95. The van der Waals surface area contributed by atoms with E-state index in [1.165, 1.54) is 0 Å². The average Bonchev–Trinajstić information content (AvgIpc) is 2.40. The summed E-state index contributed by atoms with van der Waals surface area (Å²) in [6.07, 6.45) is 2.48. The van der Waals surface area contributed by atoms with Gasteiger partial charge in [0, 0.05) is 31.1 Å². The normalized spacial score (nSPS) is 19.4. The second-order valence-electron chi connectivity index (χ2n) is 5.79. The van der Waals surface area contributed by atoms with Gasteiger partial charge in [0.05, 0.1) is 4.92 Å². The zero-order valence-corrected chi connectivity index (χ0v) is 12.2. The predicted molar refractivity (Wildman–Crippen MR) is 79.6 cm³/mol. The number of hydrogen-bond acceptors (Lipinski definition) is 4. The Morgan fingerprint density at radius 1 is 1.52 bits per heavy atom. The minimum atomic E-state index is -0.342. The van der Waals surface area contributed by atoms with Crippen molar-refractivity contribution >= 4 is 11.6 Å². The molecule has 0 saturated carbocycles. The van der Waals surface area contributed by atoms with Crippen molar-refractivity contribution in [3.63, 3.8) is 0 Å². The molecule has 21 heavy (non-hydrogen) atoms. The van der Waals surface area contributed by atoms with Gasteiger partial charge in [-0.3, -0.25) is 19.8 Å². The van der Waals surface area contributed by atoms with Crippen LogP contribution in [0.2, 0.25) is 0 Å². The van der Waals surface area contributed by atoms with E-state index in [4.69, 9.17) is 5.73 Å². The van der Waals surface area contributed by atoms with Crippen molar-refractivity contribution in [1.29, 1.82) is 0 Å². The van der Waals surface area contributed by atoms with Crippen LogP contribution in [0.4, 0.5) is 5.69 Å². The van der Waals surface area contributed by atoms with Gasteiger partial charge in [0.1, 0.15) is 0 Å². The lowest BCUT2D eigenvalue weighted by Crippen LogP contribution is -2.36. The average molecular weight is 291 g/mol. The fourth-order valence-electron chi connectivity index (χ4n) is 2.95. The number of amides is 1. The summed E-state index contributed by atoms with van der Waals surface area (Å²) in [5.74, 6) is 0.0458. The SMILES string of the molecule is Cc1ccc(CN2CCCC(CC(N)=O)C2)cc1[N+](=O)[O-]. The molecule has 1 aliphatic heterocycles. The Balaban J connectivity index is 2.02. The number of nitrogens with two attached hydrogens (primary N) is 1. The number of carbonyl (C=O) groups excluding carboxylic acids is 1. The molecule has 0 aromatic heterocycles. The van der Waals surface area contributed by atoms with E-state index in [2.05, 4.69) is 4.90 Å². The molecule has 1 unspecified atom stereocenters. The highest BCUT2D eigenvalue weighted by Crippen LogP contribution is 2.24. The number of piperidine rings is 1. The van der Waals surface area contributed by atoms with Gasteiger partial charge >= 0.3 is 0 Å². The molecule has 1 aliphatic rings. The van der Waals surface area contributed by atoms with Gasteiger partial charge in [0.15, 0.2) is 0 Å². The lowest BCUT2D eigenvalue weighted by molar-refractivity contribution is -0.385. The molecule has 1 aromatic rings. The fraction of sp³-hybridized carbons (Fsp3) is 0.533. The van der Waals surface area contributed by atoms with Crippen LogP contribution < -0.4 is 5.73 Å². The molecule has 2 rings (SSSR count). The molecule has 0 bridgehead atoms. The number of primary amides is 1. The van der Waals surface area contributed by atoms with Gasteiger partial charge in [0.25, 0.3) is 5.69 Å². The second-order valence-corrected chi connectivity index (χ2v) is 5.79. The summed E-state index contributed by atoms with van der Waals surface area (Å²) in [4.78, 5) is 23.9. The summed E-state index contributed by atoms with van der Waals surface area (Å²) in [5, 5.41) is 11.0. The van der Waals surface area contributed by atoms with Gasteiger partial charge in [-0.15, -0.1) is 0 Å². The Hall–Kier alpha value is -1.95. The van der Waals surface area contributed by atoms with E-state index in [1.54, 1.807) is 19.1 Å².